The van der Waals surface area contributed by atoms with E-state index in [2.05, 4.69) is 19.2 Å². The topological polar surface area (TPSA) is 69.6 Å². The first-order chi connectivity index (χ1) is 16.9. The molecule has 4 aromatic rings. The minimum absolute atomic E-state index is 0.103. The van der Waals surface area contributed by atoms with Crippen LogP contribution < -0.4 is 20.3 Å². The molecule has 0 saturated heterocycles. The molecule has 0 spiro atoms. The summed E-state index contributed by atoms with van der Waals surface area (Å²) in [6.45, 7) is 4.74. The molecule has 35 heavy (non-hydrogen) atoms. The van der Waals surface area contributed by atoms with E-state index in [1.54, 1.807) is 24.9 Å². The Labute approximate surface area is 204 Å². The van der Waals surface area contributed by atoms with Crippen LogP contribution in [-0.4, -0.2) is 24.7 Å². The van der Waals surface area contributed by atoms with Gasteiger partial charge >= 0.3 is 0 Å². The molecular formula is C29H28N2O4. The summed E-state index contributed by atoms with van der Waals surface area (Å²) in [5, 5.41) is 4.21. The van der Waals surface area contributed by atoms with Gasteiger partial charge in [-0.3, -0.25) is 9.59 Å². The molecule has 1 aliphatic rings. The number of fused-ring (bicyclic) bond motifs is 4. The SMILES string of the molecule is COc1cc2c(cc1OC)-c1c(C(=O)Nc3ccc(C(C)C)cc3)c3ccccc3c(=O)n1CC2. The number of amides is 1. The molecule has 1 aliphatic heterocycles. The summed E-state index contributed by atoms with van der Waals surface area (Å²) in [7, 11) is 3.18. The summed E-state index contributed by atoms with van der Waals surface area (Å²) >= 11 is 0. The lowest BCUT2D eigenvalue weighted by Gasteiger charge is -2.26. The zero-order chi connectivity index (χ0) is 24.7. The number of carbonyl (C=O) groups excluding carboxylic acids is 1. The zero-order valence-electron chi connectivity index (χ0n) is 20.3. The fraction of sp³-hybridized carbons (Fsp3) is 0.241. The Morgan fingerprint density at radius 3 is 2.26 bits per heavy atom. The molecule has 6 nitrogen and oxygen atoms in total. The van der Waals surface area contributed by atoms with Crippen molar-refractivity contribution < 1.29 is 14.3 Å². The first-order valence-electron chi connectivity index (χ1n) is 11.7. The Morgan fingerprint density at radius 2 is 1.60 bits per heavy atom. The maximum absolute atomic E-state index is 13.8. The largest absolute Gasteiger partial charge is 0.493 e. The highest BCUT2D eigenvalue weighted by atomic mass is 16.5. The summed E-state index contributed by atoms with van der Waals surface area (Å²) in [5.41, 5.74) is 4.69. The van der Waals surface area contributed by atoms with Crippen molar-refractivity contribution in [3.63, 3.8) is 0 Å². The van der Waals surface area contributed by atoms with Crippen LogP contribution in [-0.2, 0) is 13.0 Å². The number of benzene rings is 3. The number of hydrogen-bond donors (Lipinski definition) is 1. The lowest BCUT2D eigenvalue weighted by Crippen LogP contribution is -2.30. The van der Waals surface area contributed by atoms with Gasteiger partial charge in [0.25, 0.3) is 11.5 Å². The second-order valence-electron chi connectivity index (χ2n) is 9.07. The molecule has 178 valence electrons. The maximum atomic E-state index is 13.8. The third-order valence-corrected chi connectivity index (χ3v) is 6.71. The van der Waals surface area contributed by atoms with Gasteiger partial charge in [-0.25, -0.2) is 0 Å². The number of methoxy groups -OCH3 is 2. The highest BCUT2D eigenvalue weighted by Crippen LogP contribution is 2.40. The van der Waals surface area contributed by atoms with Crippen molar-refractivity contribution >= 4 is 22.4 Å². The standard InChI is InChI=1S/C29H28N2O4/c1-17(2)18-9-11-20(12-10-18)30-28(32)26-21-7-5-6-8-22(21)29(33)31-14-13-19-15-24(34-3)25(35-4)16-23(19)27(26)31/h5-12,15-17H,13-14H2,1-4H3,(H,30,32). The molecule has 6 heteroatoms. The van der Waals surface area contributed by atoms with Gasteiger partial charge in [0.05, 0.1) is 25.5 Å². The molecule has 0 bridgehead atoms. The highest BCUT2D eigenvalue weighted by Gasteiger charge is 2.28. The number of hydrogen-bond acceptors (Lipinski definition) is 4. The maximum Gasteiger partial charge on any atom is 0.258 e. The summed E-state index contributed by atoms with van der Waals surface area (Å²) in [5.74, 6) is 1.32. The van der Waals surface area contributed by atoms with Crippen molar-refractivity contribution in [2.24, 2.45) is 0 Å². The van der Waals surface area contributed by atoms with Crippen molar-refractivity contribution in [3.8, 4) is 22.8 Å². The van der Waals surface area contributed by atoms with Crippen molar-refractivity contribution in [3.05, 3.63) is 87.7 Å². The van der Waals surface area contributed by atoms with Gasteiger partial charge < -0.3 is 19.4 Å². The van der Waals surface area contributed by atoms with Crippen molar-refractivity contribution in [2.75, 3.05) is 19.5 Å². The van der Waals surface area contributed by atoms with Gasteiger partial charge in [-0.2, -0.15) is 0 Å². The predicted molar refractivity (Wildman–Crippen MR) is 139 cm³/mol. The minimum Gasteiger partial charge on any atom is -0.493 e. The minimum atomic E-state index is -0.259. The molecular weight excluding hydrogens is 440 g/mol. The fourth-order valence-electron chi connectivity index (χ4n) is 4.85. The van der Waals surface area contributed by atoms with E-state index in [0.717, 1.165) is 11.1 Å². The van der Waals surface area contributed by atoms with Gasteiger partial charge in [0.15, 0.2) is 11.5 Å². The molecule has 0 atom stereocenters. The first-order valence-corrected chi connectivity index (χ1v) is 11.7. The molecule has 0 unspecified atom stereocenters. The van der Waals surface area contributed by atoms with Crippen LogP contribution in [0.3, 0.4) is 0 Å². The molecule has 0 radical (unpaired) electrons. The van der Waals surface area contributed by atoms with Gasteiger partial charge in [0.1, 0.15) is 0 Å². The smallest absolute Gasteiger partial charge is 0.258 e. The van der Waals surface area contributed by atoms with E-state index >= 15 is 0 Å². The van der Waals surface area contributed by atoms with E-state index in [9.17, 15) is 9.59 Å². The molecule has 2 heterocycles. The number of pyridine rings is 1. The molecule has 1 amide bonds. The van der Waals surface area contributed by atoms with Crippen molar-refractivity contribution in [1.82, 2.24) is 4.57 Å². The number of nitrogens with zero attached hydrogens (tertiary/aromatic N) is 1. The predicted octanol–water partition coefficient (Wildman–Crippen LogP) is 5.62. The van der Waals surface area contributed by atoms with Crippen LogP contribution in [0.1, 0.15) is 41.3 Å². The summed E-state index contributed by atoms with van der Waals surface area (Å²) in [4.78, 5) is 27.3. The second-order valence-corrected chi connectivity index (χ2v) is 9.07. The van der Waals surface area contributed by atoms with Crippen LogP contribution >= 0.6 is 0 Å². The van der Waals surface area contributed by atoms with Gasteiger partial charge in [-0.15, -0.1) is 0 Å². The van der Waals surface area contributed by atoms with Crippen molar-refractivity contribution in [2.45, 2.75) is 32.7 Å². The molecule has 1 N–H and O–H groups in total. The molecule has 5 rings (SSSR count). The van der Waals surface area contributed by atoms with E-state index in [0.29, 0.717) is 58.1 Å². The lowest BCUT2D eigenvalue weighted by molar-refractivity contribution is 0.102. The first kappa shape index (κ1) is 22.7. The van der Waals surface area contributed by atoms with Crippen LogP contribution in [0.15, 0.2) is 65.5 Å². The summed E-state index contributed by atoms with van der Waals surface area (Å²) in [6.07, 6.45) is 0.651. The number of aryl methyl sites for hydroxylation is 1. The number of carbonyl (C=O) groups is 1. The normalized spacial score (nSPS) is 12.3. The Bertz CT molecular complexity index is 1500. The monoisotopic (exact) mass is 468 g/mol. The van der Waals surface area contributed by atoms with Crippen LogP contribution in [0.2, 0.25) is 0 Å². The third-order valence-electron chi connectivity index (χ3n) is 6.71. The number of anilines is 1. The van der Waals surface area contributed by atoms with E-state index in [4.69, 9.17) is 9.47 Å². The van der Waals surface area contributed by atoms with E-state index in [1.165, 1.54) is 5.56 Å². The van der Waals surface area contributed by atoms with E-state index in [1.807, 2.05) is 54.6 Å². The Balaban J connectivity index is 1.73. The average Bonchev–Trinajstić information content (AvgIpc) is 2.88. The van der Waals surface area contributed by atoms with Crippen molar-refractivity contribution in [1.29, 1.82) is 0 Å². The fourth-order valence-corrected chi connectivity index (χ4v) is 4.85. The third kappa shape index (κ3) is 3.85. The number of rotatable bonds is 5. The Hall–Kier alpha value is -4.06. The molecule has 3 aromatic carbocycles. The molecule has 0 aliphatic carbocycles. The zero-order valence-corrected chi connectivity index (χ0v) is 20.3. The molecule has 0 fully saturated rings. The van der Waals surface area contributed by atoms with E-state index < -0.39 is 0 Å². The number of nitrogens with one attached hydrogen (secondary N) is 1. The van der Waals surface area contributed by atoms with Crippen LogP contribution in [0.4, 0.5) is 5.69 Å². The quantitative estimate of drug-likeness (QED) is 0.413. The number of aromatic nitrogens is 1. The van der Waals surface area contributed by atoms with Crippen LogP contribution in [0.25, 0.3) is 22.0 Å². The molecule has 1 aromatic heterocycles. The van der Waals surface area contributed by atoms with Crippen LogP contribution in [0, 0.1) is 0 Å². The summed E-state index contributed by atoms with van der Waals surface area (Å²) in [6, 6.07) is 19.0. The van der Waals surface area contributed by atoms with Gasteiger partial charge in [-0.05, 0) is 53.8 Å². The second kappa shape index (κ2) is 8.95. The Morgan fingerprint density at radius 1 is 0.943 bits per heavy atom. The number of ether oxygens (including phenoxy) is 2. The van der Waals surface area contributed by atoms with Gasteiger partial charge in [0, 0.05) is 28.6 Å². The van der Waals surface area contributed by atoms with Crippen LogP contribution in [0.5, 0.6) is 11.5 Å². The van der Waals surface area contributed by atoms with E-state index in [-0.39, 0.29) is 11.5 Å². The highest BCUT2D eigenvalue weighted by molar-refractivity contribution is 6.17. The summed E-state index contributed by atoms with van der Waals surface area (Å²) < 4.78 is 12.8. The van der Waals surface area contributed by atoms with Gasteiger partial charge in [0.2, 0.25) is 0 Å². The average molecular weight is 469 g/mol. The Kier molecular flexibility index (Phi) is 5.81. The lowest BCUT2D eigenvalue weighted by atomic mass is 9.90. The molecule has 0 saturated carbocycles. The van der Waals surface area contributed by atoms with Gasteiger partial charge in [-0.1, -0.05) is 44.2 Å².